The zero-order valence-corrected chi connectivity index (χ0v) is 8.22. The second-order valence-electron chi connectivity index (χ2n) is 2.44. The van der Waals surface area contributed by atoms with Gasteiger partial charge in [0.05, 0.1) is 12.5 Å². The fraction of sp³-hybridized carbons (Fsp3) is 0.833. The molecular weight excluding hydrogens is 178 g/mol. The maximum Gasteiger partial charge on any atom is 0.279 e. The minimum Gasteiger partial charge on any atom is -0.205 e. The van der Waals surface area contributed by atoms with Gasteiger partial charge in [0.2, 0.25) is 0 Å². The van der Waals surface area contributed by atoms with Crippen LogP contribution in [-0.4, -0.2) is 32.9 Å². The Hall–Kier alpha value is -0.640. The Bertz CT molecular complexity index is 267. The summed E-state index contributed by atoms with van der Waals surface area (Å²) in [5.41, 5.74) is 0. The molecule has 0 amide bonds. The van der Waals surface area contributed by atoms with Gasteiger partial charge in [-0.25, -0.2) is 4.72 Å². The monoisotopic (exact) mass is 191 g/mol. The van der Waals surface area contributed by atoms with Gasteiger partial charge in [0.25, 0.3) is 10.2 Å². The average molecular weight is 191 g/mol. The molecule has 0 saturated carbocycles. The van der Waals surface area contributed by atoms with Crippen molar-refractivity contribution in [3.63, 3.8) is 0 Å². The highest BCUT2D eigenvalue weighted by Gasteiger charge is 2.20. The SMILES string of the molecule is CNS(=O)(=O)N(C)C(C)CC#N. The van der Waals surface area contributed by atoms with Crippen molar-refractivity contribution in [2.24, 2.45) is 0 Å². The van der Waals surface area contributed by atoms with Crippen LogP contribution >= 0.6 is 0 Å². The number of rotatable bonds is 4. The van der Waals surface area contributed by atoms with Crippen LogP contribution in [0.5, 0.6) is 0 Å². The molecule has 0 radical (unpaired) electrons. The highest BCUT2D eigenvalue weighted by molar-refractivity contribution is 7.87. The van der Waals surface area contributed by atoms with E-state index in [1.807, 2.05) is 6.07 Å². The van der Waals surface area contributed by atoms with Gasteiger partial charge in [-0.1, -0.05) is 0 Å². The number of nitriles is 1. The summed E-state index contributed by atoms with van der Waals surface area (Å²) in [5.74, 6) is 0. The molecule has 1 unspecified atom stereocenters. The summed E-state index contributed by atoms with van der Waals surface area (Å²) in [6, 6.07) is 1.61. The van der Waals surface area contributed by atoms with Crippen molar-refractivity contribution in [1.29, 1.82) is 5.26 Å². The molecule has 0 heterocycles. The largest absolute Gasteiger partial charge is 0.279 e. The lowest BCUT2D eigenvalue weighted by atomic mass is 10.3. The molecule has 6 heteroatoms. The molecule has 0 spiro atoms. The summed E-state index contributed by atoms with van der Waals surface area (Å²) in [4.78, 5) is 0. The van der Waals surface area contributed by atoms with Crippen LogP contribution in [0.3, 0.4) is 0 Å². The molecular formula is C6H13N3O2S. The van der Waals surface area contributed by atoms with E-state index in [2.05, 4.69) is 4.72 Å². The van der Waals surface area contributed by atoms with Crippen molar-refractivity contribution in [2.45, 2.75) is 19.4 Å². The Morgan fingerprint density at radius 2 is 2.17 bits per heavy atom. The number of hydrogen-bond donors (Lipinski definition) is 1. The lowest BCUT2D eigenvalue weighted by Gasteiger charge is -2.21. The Morgan fingerprint density at radius 1 is 1.67 bits per heavy atom. The Kier molecular flexibility index (Phi) is 4.17. The summed E-state index contributed by atoms with van der Waals surface area (Å²) in [7, 11) is -0.611. The third kappa shape index (κ3) is 2.77. The molecule has 1 atom stereocenters. The first-order valence-corrected chi connectivity index (χ1v) is 4.93. The summed E-state index contributed by atoms with van der Waals surface area (Å²) < 4.78 is 25.5. The second-order valence-corrected chi connectivity index (χ2v) is 4.37. The Morgan fingerprint density at radius 3 is 2.50 bits per heavy atom. The number of nitrogens with one attached hydrogen (secondary N) is 1. The van der Waals surface area contributed by atoms with Gasteiger partial charge in [0, 0.05) is 20.1 Å². The average Bonchev–Trinajstić information content (AvgIpc) is 2.03. The van der Waals surface area contributed by atoms with E-state index in [0.717, 1.165) is 4.31 Å². The summed E-state index contributed by atoms with van der Waals surface area (Å²) >= 11 is 0. The molecule has 0 fully saturated rings. The van der Waals surface area contributed by atoms with Gasteiger partial charge in [-0.05, 0) is 6.92 Å². The first-order valence-electron chi connectivity index (χ1n) is 3.49. The minimum absolute atomic E-state index is 0.192. The quantitative estimate of drug-likeness (QED) is 0.662. The van der Waals surface area contributed by atoms with Crippen molar-refractivity contribution in [3.05, 3.63) is 0 Å². The van der Waals surface area contributed by atoms with Crippen LogP contribution in [-0.2, 0) is 10.2 Å². The normalized spacial score (nSPS) is 14.2. The van der Waals surface area contributed by atoms with Gasteiger partial charge in [-0.15, -0.1) is 0 Å². The molecule has 0 aliphatic heterocycles. The molecule has 0 rings (SSSR count). The molecule has 0 saturated heterocycles. The van der Waals surface area contributed by atoms with Gasteiger partial charge in [-0.3, -0.25) is 0 Å². The van der Waals surface area contributed by atoms with Gasteiger partial charge < -0.3 is 0 Å². The Labute approximate surface area is 73.2 Å². The van der Waals surface area contributed by atoms with E-state index in [0.29, 0.717) is 0 Å². The fourth-order valence-electron chi connectivity index (χ4n) is 0.642. The lowest BCUT2D eigenvalue weighted by Crippen LogP contribution is -2.41. The Balaban J connectivity index is 4.41. The molecule has 0 aromatic rings. The van der Waals surface area contributed by atoms with Crippen molar-refractivity contribution < 1.29 is 8.42 Å². The first kappa shape index (κ1) is 11.4. The van der Waals surface area contributed by atoms with Crippen LogP contribution in [0.1, 0.15) is 13.3 Å². The van der Waals surface area contributed by atoms with Gasteiger partial charge in [0.1, 0.15) is 0 Å². The van der Waals surface area contributed by atoms with E-state index in [9.17, 15) is 8.42 Å². The van der Waals surface area contributed by atoms with Crippen LogP contribution in [0.2, 0.25) is 0 Å². The molecule has 70 valence electrons. The maximum absolute atomic E-state index is 11.1. The molecule has 0 aliphatic rings. The van der Waals surface area contributed by atoms with E-state index < -0.39 is 10.2 Å². The number of nitrogens with zero attached hydrogens (tertiary/aromatic N) is 2. The highest BCUT2D eigenvalue weighted by Crippen LogP contribution is 2.03. The van der Waals surface area contributed by atoms with Crippen LogP contribution in [0, 0.1) is 11.3 Å². The lowest BCUT2D eigenvalue weighted by molar-refractivity contribution is 0.388. The molecule has 0 aromatic heterocycles. The second kappa shape index (κ2) is 4.40. The van der Waals surface area contributed by atoms with Crippen LogP contribution in [0.15, 0.2) is 0 Å². The molecule has 0 aromatic carbocycles. The van der Waals surface area contributed by atoms with E-state index in [4.69, 9.17) is 5.26 Å². The third-order valence-corrected chi connectivity index (χ3v) is 3.28. The molecule has 0 bridgehead atoms. The van der Waals surface area contributed by atoms with Gasteiger partial charge >= 0.3 is 0 Å². The fourth-order valence-corrected chi connectivity index (χ4v) is 1.48. The molecule has 1 N–H and O–H groups in total. The van der Waals surface area contributed by atoms with Crippen molar-refractivity contribution in [1.82, 2.24) is 9.03 Å². The summed E-state index contributed by atoms with van der Waals surface area (Å²) in [5, 5.41) is 8.33. The first-order chi connectivity index (χ1) is 5.45. The maximum atomic E-state index is 11.1. The van der Waals surface area contributed by atoms with E-state index >= 15 is 0 Å². The van der Waals surface area contributed by atoms with Crippen molar-refractivity contribution in [2.75, 3.05) is 14.1 Å². The highest BCUT2D eigenvalue weighted by atomic mass is 32.2. The van der Waals surface area contributed by atoms with Gasteiger partial charge in [-0.2, -0.15) is 18.0 Å². The molecule has 12 heavy (non-hydrogen) atoms. The zero-order chi connectivity index (χ0) is 9.78. The van der Waals surface area contributed by atoms with Crippen LogP contribution in [0.25, 0.3) is 0 Å². The predicted molar refractivity (Wildman–Crippen MR) is 45.4 cm³/mol. The zero-order valence-electron chi connectivity index (χ0n) is 7.40. The van der Waals surface area contributed by atoms with E-state index in [1.54, 1.807) is 6.92 Å². The number of hydrogen-bond acceptors (Lipinski definition) is 3. The van der Waals surface area contributed by atoms with Crippen molar-refractivity contribution >= 4 is 10.2 Å². The minimum atomic E-state index is -3.39. The van der Waals surface area contributed by atoms with Crippen LogP contribution < -0.4 is 4.72 Å². The summed E-state index contributed by atoms with van der Waals surface area (Å²) in [6.45, 7) is 1.68. The molecule has 5 nitrogen and oxygen atoms in total. The van der Waals surface area contributed by atoms with Crippen molar-refractivity contribution in [3.8, 4) is 6.07 Å². The summed E-state index contributed by atoms with van der Waals surface area (Å²) in [6.07, 6.45) is 0.192. The third-order valence-electron chi connectivity index (χ3n) is 1.64. The smallest absolute Gasteiger partial charge is 0.205 e. The predicted octanol–water partition coefficient (Wildman–Crippen LogP) is -0.315. The topological polar surface area (TPSA) is 73.2 Å². The standard InChI is InChI=1S/C6H13N3O2S/c1-6(4-5-7)9(3)12(10,11)8-2/h6,8H,4H2,1-3H3. The van der Waals surface area contributed by atoms with E-state index in [-0.39, 0.29) is 12.5 Å². The van der Waals surface area contributed by atoms with E-state index in [1.165, 1.54) is 14.1 Å². The van der Waals surface area contributed by atoms with Gasteiger partial charge in [0.15, 0.2) is 0 Å². The van der Waals surface area contributed by atoms with Crippen LogP contribution in [0.4, 0.5) is 0 Å². The molecule has 0 aliphatic carbocycles.